The average molecular weight is 847 g/mol. The molecular weight excluding hydrogens is 750 g/mol. The van der Waals surface area contributed by atoms with E-state index in [1.807, 2.05) is 21.1 Å². The molecule has 0 saturated carbocycles. The third kappa shape index (κ3) is 44.6. The predicted octanol–water partition coefficient (Wildman–Crippen LogP) is 14.4. The Morgan fingerprint density at radius 3 is 1.10 bits per heavy atom. The Kier molecular flexibility index (Phi) is 40.7. The number of carbonyl (C=O) groups is 2. The van der Waals surface area contributed by atoms with E-state index in [2.05, 4.69) is 13.8 Å². The number of phosphoric acid groups is 1. The van der Waals surface area contributed by atoms with E-state index in [1.54, 1.807) is 0 Å². The highest BCUT2D eigenvalue weighted by Gasteiger charge is 2.27. The number of esters is 2. The summed E-state index contributed by atoms with van der Waals surface area (Å²) in [6, 6.07) is 0. The fourth-order valence-electron chi connectivity index (χ4n) is 7.25. The van der Waals surface area contributed by atoms with Crippen LogP contribution in [0.2, 0.25) is 0 Å². The van der Waals surface area contributed by atoms with E-state index in [-0.39, 0.29) is 25.6 Å². The number of phosphoric ester groups is 1. The Bertz CT molecular complexity index is 958. The second-order valence-corrected chi connectivity index (χ2v) is 19.7. The SMILES string of the molecule is CCCCCCCCCCCCCCCCCCCCCCCCCC(=O)OC[C@@H](COP(=O)(O)OCC[N+](C)(C)C)OC(=O)CCCCCCCCCCCCC. The van der Waals surface area contributed by atoms with E-state index in [0.717, 1.165) is 38.5 Å². The Balaban J connectivity index is 4.11. The number of hydrogen-bond donors (Lipinski definition) is 1. The van der Waals surface area contributed by atoms with Crippen LogP contribution in [0.5, 0.6) is 0 Å². The van der Waals surface area contributed by atoms with Gasteiger partial charge >= 0.3 is 19.8 Å². The number of hydrogen-bond acceptors (Lipinski definition) is 7. The van der Waals surface area contributed by atoms with E-state index in [9.17, 15) is 19.0 Å². The van der Waals surface area contributed by atoms with Gasteiger partial charge in [0, 0.05) is 12.8 Å². The van der Waals surface area contributed by atoms with Crippen molar-refractivity contribution in [1.29, 1.82) is 0 Å². The molecule has 0 radical (unpaired) electrons. The van der Waals surface area contributed by atoms with Crippen molar-refractivity contribution in [2.45, 2.75) is 251 Å². The first-order chi connectivity index (χ1) is 28.0. The van der Waals surface area contributed by atoms with Crippen LogP contribution in [-0.2, 0) is 32.7 Å². The first-order valence-electron chi connectivity index (χ1n) is 24.8. The third-order valence-electron chi connectivity index (χ3n) is 11.1. The van der Waals surface area contributed by atoms with Crippen LogP contribution in [0.15, 0.2) is 0 Å². The molecule has 2 atom stereocenters. The molecule has 0 aromatic rings. The van der Waals surface area contributed by atoms with Gasteiger partial charge in [-0.1, -0.05) is 219 Å². The van der Waals surface area contributed by atoms with Gasteiger partial charge in [0.05, 0.1) is 27.7 Å². The van der Waals surface area contributed by atoms with Gasteiger partial charge < -0.3 is 18.9 Å². The van der Waals surface area contributed by atoms with Crippen LogP contribution in [0, 0.1) is 0 Å². The van der Waals surface area contributed by atoms with Crippen molar-refractivity contribution in [1.82, 2.24) is 0 Å². The number of unbranched alkanes of at least 4 members (excludes halogenated alkanes) is 32. The Hall–Kier alpha value is -0.990. The van der Waals surface area contributed by atoms with E-state index in [0.29, 0.717) is 17.4 Å². The zero-order valence-corrected chi connectivity index (χ0v) is 40.0. The highest BCUT2D eigenvalue weighted by Crippen LogP contribution is 2.43. The molecule has 0 aromatic carbocycles. The summed E-state index contributed by atoms with van der Waals surface area (Å²) in [5, 5.41) is 0. The molecule has 58 heavy (non-hydrogen) atoms. The summed E-state index contributed by atoms with van der Waals surface area (Å²) < 4.78 is 34.4. The molecule has 0 bridgehead atoms. The van der Waals surface area contributed by atoms with Crippen molar-refractivity contribution in [2.24, 2.45) is 0 Å². The first kappa shape index (κ1) is 57.0. The van der Waals surface area contributed by atoms with Crippen molar-refractivity contribution < 1.29 is 42.1 Å². The molecule has 0 amide bonds. The van der Waals surface area contributed by atoms with Crippen molar-refractivity contribution in [3.63, 3.8) is 0 Å². The van der Waals surface area contributed by atoms with Crippen LogP contribution < -0.4 is 0 Å². The van der Waals surface area contributed by atoms with Crippen LogP contribution in [0.1, 0.15) is 245 Å². The van der Waals surface area contributed by atoms with Crippen molar-refractivity contribution in [2.75, 3.05) is 47.5 Å². The second kappa shape index (κ2) is 41.4. The Morgan fingerprint density at radius 2 is 0.776 bits per heavy atom. The van der Waals surface area contributed by atoms with Gasteiger partial charge in [-0.2, -0.15) is 0 Å². The fourth-order valence-corrected chi connectivity index (χ4v) is 7.99. The standard InChI is InChI=1S/C48H96NO8P/c1-6-8-10-12-14-16-18-19-20-21-22-23-24-25-26-27-28-29-31-32-34-36-38-40-47(50)54-44-46(45-56-58(52,53)55-43-42-49(3,4)5)57-48(51)41-39-37-35-33-30-17-15-13-11-9-7-2/h46H,6-45H2,1-5H3/p+1/t46-/m0/s1. The van der Waals surface area contributed by atoms with Crippen LogP contribution >= 0.6 is 7.82 Å². The largest absolute Gasteiger partial charge is 0.472 e. The molecule has 0 heterocycles. The van der Waals surface area contributed by atoms with Gasteiger partial charge in [0.1, 0.15) is 19.8 Å². The maximum atomic E-state index is 12.7. The lowest BCUT2D eigenvalue weighted by Crippen LogP contribution is -2.37. The molecule has 0 saturated heterocycles. The molecule has 0 rings (SSSR count). The molecule has 0 fully saturated rings. The minimum absolute atomic E-state index is 0.0368. The Labute approximate surface area is 359 Å². The van der Waals surface area contributed by atoms with Crippen LogP contribution in [-0.4, -0.2) is 74.9 Å². The third-order valence-corrected chi connectivity index (χ3v) is 12.1. The quantitative estimate of drug-likeness (QED) is 0.0279. The highest BCUT2D eigenvalue weighted by molar-refractivity contribution is 7.47. The average Bonchev–Trinajstić information content (AvgIpc) is 3.17. The minimum Gasteiger partial charge on any atom is -0.462 e. The monoisotopic (exact) mass is 847 g/mol. The van der Waals surface area contributed by atoms with Gasteiger partial charge in [-0.15, -0.1) is 0 Å². The second-order valence-electron chi connectivity index (χ2n) is 18.2. The van der Waals surface area contributed by atoms with Crippen molar-refractivity contribution >= 4 is 19.8 Å². The van der Waals surface area contributed by atoms with Gasteiger partial charge in [0.2, 0.25) is 0 Å². The first-order valence-corrected chi connectivity index (χ1v) is 26.3. The van der Waals surface area contributed by atoms with E-state index >= 15 is 0 Å². The molecule has 0 spiro atoms. The lowest BCUT2D eigenvalue weighted by Gasteiger charge is -2.24. The van der Waals surface area contributed by atoms with E-state index in [4.69, 9.17) is 18.5 Å². The highest BCUT2D eigenvalue weighted by atomic mass is 31.2. The summed E-state index contributed by atoms with van der Waals surface area (Å²) in [5.74, 6) is -0.782. The van der Waals surface area contributed by atoms with Gasteiger partial charge in [-0.3, -0.25) is 18.6 Å². The number of ether oxygens (including phenoxy) is 2. The summed E-state index contributed by atoms with van der Waals surface area (Å²) in [6.07, 6.45) is 43.0. The number of quaternary nitrogens is 1. The topological polar surface area (TPSA) is 108 Å². The van der Waals surface area contributed by atoms with Gasteiger partial charge in [-0.25, -0.2) is 4.57 Å². The zero-order chi connectivity index (χ0) is 42.8. The predicted molar refractivity (Wildman–Crippen MR) is 243 cm³/mol. The van der Waals surface area contributed by atoms with Crippen LogP contribution in [0.4, 0.5) is 0 Å². The lowest BCUT2D eigenvalue weighted by atomic mass is 10.0. The van der Waals surface area contributed by atoms with Gasteiger partial charge in [0.15, 0.2) is 6.10 Å². The minimum atomic E-state index is -4.37. The molecule has 0 aliphatic heterocycles. The summed E-state index contributed by atoms with van der Waals surface area (Å²) >= 11 is 0. The zero-order valence-electron chi connectivity index (χ0n) is 39.1. The molecule has 10 heteroatoms. The van der Waals surface area contributed by atoms with Gasteiger partial charge in [0.25, 0.3) is 0 Å². The van der Waals surface area contributed by atoms with Crippen LogP contribution in [0.25, 0.3) is 0 Å². The summed E-state index contributed by atoms with van der Waals surface area (Å²) in [5.41, 5.74) is 0. The fraction of sp³-hybridized carbons (Fsp3) is 0.958. The summed E-state index contributed by atoms with van der Waals surface area (Å²) in [6.45, 7) is 4.46. The number of rotatable bonds is 46. The van der Waals surface area contributed by atoms with E-state index in [1.165, 1.54) is 180 Å². The lowest BCUT2D eigenvalue weighted by molar-refractivity contribution is -0.870. The van der Waals surface area contributed by atoms with Crippen molar-refractivity contribution in [3.8, 4) is 0 Å². The molecule has 9 nitrogen and oxygen atoms in total. The molecular formula is C48H97NO8P+. The summed E-state index contributed by atoms with van der Waals surface area (Å²) in [7, 11) is 1.49. The molecule has 0 aliphatic carbocycles. The number of nitrogens with zero attached hydrogens (tertiary/aromatic N) is 1. The maximum Gasteiger partial charge on any atom is 0.472 e. The molecule has 346 valence electrons. The van der Waals surface area contributed by atoms with Crippen LogP contribution in [0.3, 0.4) is 0 Å². The Morgan fingerprint density at radius 1 is 0.466 bits per heavy atom. The maximum absolute atomic E-state index is 12.7. The summed E-state index contributed by atoms with van der Waals surface area (Å²) in [4.78, 5) is 35.4. The molecule has 1 unspecified atom stereocenters. The van der Waals surface area contributed by atoms with E-state index < -0.39 is 26.5 Å². The normalized spacial score (nSPS) is 13.4. The molecule has 1 N–H and O–H groups in total. The van der Waals surface area contributed by atoms with Crippen molar-refractivity contribution in [3.05, 3.63) is 0 Å². The van der Waals surface area contributed by atoms with Gasteiger partial charge in [-0.05, 0) is 12.8 Å². The number of likely N-dealkylation sites (N-methyl/N-ethyl adjacent to an activating group) is 1. The number of carbonyl (C=O) groups excluding carboxylic acids is 2. The smallest absolute Gasteiger partial charge is 0.462 e. The molecule has 0 aromatic heterocycles. The molecule has 0 aliphatic rings.